The maximum absolute atomic E-state index is 12.3. The molecular weight excluding hydrogens is 326 g/mol. The number of hydrogen-bond donors (Lipinski definition) is 2. The molecule has 0 bridgehead atoms. The number of amides is 2. The minimum absolute atomic E-state index is 0. The number of benzene rings is 1. The monoisotopic (exact) mass is 353 g/mol. The maximum atomic E-state index is 12.3. The molecule has 2 rings (SSSR count). The molecule has 24 heavy (non-hydrogen) atoms. The lowest BCUT2D eigenvalue weighted by Crippen LogP contribution is -2.45. The Balaban J connectivity index is 0.00000288. The molecule has 5 nitrogen and oxygen atoms in total. The van der Waals surface area contributed by atoms with Crippen molar-refractivity contribution in [2.24, 2.45) is 17.6 Å². The molecule has 1 heterocycles. The molecule has 1 unspecified atom stereocenters. The number of aryl methyl sites for hydroxylation is 1. The Labute approximate surface area is 150 Å². The highest BCUT2D eigenvalue weighted by Crippen LogP contribution is 2.19. The van der Waals surface area contributed by atoms with Gasteiger partial charge in [0.1, 0.15) is 0 Å². The van der Waals surface area contributed by atoms with Crippen LogP contribution in [0.1, 0.15) is 30.9 Å². The molecule has 0 radical (unpaired) electrons. The van der Waals surface area contributed by atoms with Crippen molar-refractivity contribution < 1.29 is 9.59 Å². The number of likely N-dealkylation sites (tertiary alicyclic amines) is 1. The van der Waals surface area contributed by atoms with Crippen LogP contribution in [0, 0.1) is 18.8 Å². The SMILES string of the molecule is Cc1ccc(CNC(=O)C2CCN(C(=O)C(C)CN)CC2)cc1.Cl. The lowest BCUT2D eigenvalue weighted by atomic mass is 9.95. The summed E-state index contributed by atoms with van der Waals surface area (Å²) in [6.45, 7) is 6.11. The van der Waals surface area contributed by atoms with Crippen molar-refractivity contribution in [3.05, 3.63) is 35.4 Å². The molecule has 0 saturated carbocycles. The van der Waals surface area contributed by atoms with Crippen LogP contribution in [0.25, 0.3) is 0 Å². The maximum Gasteiger partial charge on any atom is 0.226 e. The second-order valence-corrected chi connectivity index (χ2v) is 6.44. The predicted octanol–water partition coefficient (Wildman–Crippen LogP) is 1.87. The van der Waals surface area contributed by atoms with Crippen molar-refractivity contribution in [2.75, 3.05) is 19.6 Å². The van der Waals surface area contributed by atoms with Crippen molar-refractivity contribution in [3.8, 4) is 0 Å². The molecule has 3 N–H and O–H groups in total. The molecule has 2 amide bonds. The molecule has 1 saturated heterocycles. The summed E-state index contributed by atoms with van der Waals surface area (Å²) in [6, 6.07) is 8.16. The van der Waals surface area contributed by atoms with Crippen molar-refractivity contribution in [1.82, 2.24) is 10.2 Å². The molecule has 134 valence electrons. The molecule has 0 aromatic heterocycles. The molecule has 0 spiro atoms. The number of hydrogen-bond acceptors (Lipinski definition) is 3. The number of halogens is 1. The largest absolute Gasteiger partial charge is 0.352 e. The van der Waals surface area contributed by atoms with Gasteiger partial charge in [-0.2, -0.15) is 0 Å². The average Bonchev–Trinajstić information content (AvgIpc) is 2.59. The van der Waals surface area contributed by atoms with E-state index in [0.717, 1.165) is 18.4 Å². The van der Waals surface area contributed by atoms with Gasteiger partial charge >= 0.3 is 0 Å². The van der Waals surface area contributed by atoms with Crippen LogP contribution in [-0.2, 0) is 16.1 Å². The Hall–Kier alpha value is -1.59. The molecule has 1 aromatic rings. The van der Waals surface area contributed by atoms with Gasteiger partial charge in [0.2, 0.25) is 11.8 Å². The van der Waals surface area contributed by atoms with Gasteiger partial charge in [-0.05, 0) is 25.3 Å². The highest BCUT2D eigenvalue weighted by molar-refractivity contribution is 5.85. The Kier molecular flexibility index (Phi) is 8.22. The van der Waals surface area contributed by atoms with E-state index in [1.807, 2.05) is 43.0 Å². The van der Waals surface area contributed by atoms with Crippen LogP contribution in [0.3, 0.4) is 0 Å². The van der Waals surface area contributed by atoms with Crippen LogP contribution in [0.4, 0.5) is 0 Å². The van der Waals surface area contributed by atoms with Gasteiger partial charge in [-0.25, -0.2) is 0 Å². The number of piperidine rings is 1. The third-order valence-corrected chi connectivity index (χ3v) is 4.54. The van der Waals surface area contributed by atoms with E-state index in [1.165, 1.54) is 5.56 Å². The van der Waals surface area contributed by atoms with E-state index in [9.17, 15) is 9.59 Å². The molecular formula is C18H28ClN3O2. The fourth-order valence-corrected chi connectivity index (χ4v) is 2.81. The first-order valence-electron chi connectivity index (χ1n) is 8.33. The molecule has 1 aliphatic heterocycles. The van der Waals surface area contributed by atoms with Crippen LogP contribution in [0.5, 0.6) is 0 Å². The van der Waals surface area contributed by atoms with Gasteiger partial charge in [0, 0.05) is 38.0 Å². The summed E-state index contributed by atoms with van der Waals surface area (Å²) < 4.78 is 0. The number of nitrogens with zero attached hydrogens (tertiary/aromatic N) is 1. The number of nitrogens with two attached hydrogens (primary N) is 1. The van der Waals surface area contributed by atoms with Gasteiger partial charge < -0.3 is 16.0 Å². The minimum Gasteiger partial charge on any atom is -0.352 e. The Morgan fingerprint density at radius 3 is 2.38 bits per heavy atom. The Morgan fingerprint density at radius 2 is 1.83 bits per heavy atom. The number of carbonyl (C=O) groups is 2. The second-order valence-electron chi connectivity index (χ2n) is 6.44. The topological polar surface area (TPSA) is 75.4 Å². The first-order chi connectivity index (χ1) is 11.0. The summed E-state index contributed by atoms with van der Waals surface area (Å²) in [6.07, 6.45) is 1.45. The lowest BCUT2D eigenvalue weighted by molar-refractivity contribution is -0.138. The quantitative estimate of drug-likeness (QED) is 0.848. The van der Waals surface area contributed by atoms with E-state index < -0.39 is 0 Å². The highest BCUT2D eigenvalue weighted by Gasteiger charge is 2.28. The van der Waals surface area contributed by atoms with Crippen LogP contribution in [0.2, 0.25) is 0 Å². The van der Waals surface area contributed by atoms with E-state index in [4.69, 9.17) is 5.73 Å². The zero-order chi connectivity index (χ0) is 16.8. The number of rotatable bonds is 5. The molecule has 6 heteroatoms. The molecule has 1 fully saturated rings. The van der Waals surface area contributed by atoms with Crippen molar-refractivity contribution in [2.45, 2.75) is 33.2 Å². The van der Waals surface area contributed by atoms with E-state index in [2.05, 4.69) is 5.32 Å². The summed E-state index contributed by atoms with van der Waals surface area (Å²) >= 11 is 0. The van der Waals surface area contributed by atoms with E-state index in [0.29, 0.717) is 26.2 Å². The van der Waals surface area contributed by atoms with Gasteiger partial charge in [0.25, 0.3) is 0 Å². The van der Waals surface area contributed by atoms with Crippen LogP contribution in [0.15, 0.2) is 24.3 Å². The van der Waals surface area contributed by atoms with E-state index >= 15 is 0 Å². The summed E-state index contributed by atoms with van der Waals surface area (Å²) in [5.41, 5.74) is 7.86. The van der Waals surface area contributed by atoms with Crippen LogP contribution in [-0.4, -0.2) is 36.3 Å². The zero-order valence-corrected chi connectivity index (χ0v) is 15.3. The first kappa shape index (κ1) is 20.5. The Morgan fingerprint density at radius 1 is 1.25 bits per heavy atom. The molecule has 1 atom stereocenters. The standard InChI is InChI=1S/C18H27N3O2.ClH/c1-13-3-5-15(6-4-13)12-20-17(22)16-7-9-21(10-8-16)18(23)14(2)11-19;/h3-6,14,16H,7-12,19H2,1-2H3,(H,20,22);1H. The summed E-state index contributed by atoms with van der Waals surface area (Å²) in [4.78, 5) is 26.2. The first-order valence-corrected chi connectivity index (χ1v) is 8.33. The minimum atomic E-state index is -0.137. The summed E-state index contributed by atoms with van der Waals surface area (Å²) in [5.74, 6) is 0.0511. The van der Waals surface area contributed by atoms with Gasteiger partial charge in [0.15, 0.2) is 0 Å². The number of nitrogens with one attached hydrogen (secondary N) is 1. The van der Waals surface area contributed by atoms with Crippen LogP contribution >= 0.6 is 12.4 Å². The fourth-order valence-electron chi connectivity index (χ4n) is 2.81. The summed E-state index contributed by atoms with van der Waals surface area (Å²) in [5, 5.41) is 3.00. The molecule has 1 aliphatic rings. The smallest absolute Gasteiger partial charge is 0.226 e. The fraction of sp³-hybridized carbons (Fsp3) is 0.556. The van der Waals surface area contributed by atoms with Gasteiger partial charge in [0.05, 0.1) is 0 Å². The third-order valence-electron chi connectivity index (χ3n) is 4.54. The van der Waals surface area contributed by atoms with E-state index in [-0.39, 0.29) is 36.1 Å². The van der Waals surface area contributed by atoms with Crippen molar-refractivity contribution in [1.29, 1.82) is 0 Å². The van der Waals surface area contributed by atoms with Gasteiger partial charge in [-0.1, -0.05) is 36.8 Å². The second kappa shape index (κ2) is 9.64. The Bertz CT molecular complexity index is 540. The average molecular weight is 354 g/mol. The molecule has 1 aromatic carbocycles. The molecule has 0 aliphatic carbocycles. The van der Waals surface area contributed by atoms with E-state index in [1.54, 1.807) is 0 Å². The third kappa shape index (κ3) is 5.49. The normalized spacial score (nSPS) is 16.2. The highest BCUT2D eigenvalue weighted by atomic mass is 35.5. The van der Waals surface area contributed by atoms with Gasteiger partial charge in [-0.15, -0.1) is 12.4 Å². The van der Waals surface area contributed by atoms with Crippen molar-refractivity contribution >= 4 is 24.2 Å². The number of carbonyl (C=O) groups excluding carboxylic acids is 2. The van der Waals surface area contributed by atoms with Gasteiger partial charge in [-0.3, -0.25) is 9.59 Å². The lowest BCUT2D eigenvalue weighted by Gasteiger charge is -2.32. The van der Waals surface area contributed by atoms with Crippen molar-refractivity contribution in [3.63, 3.8) is 0 Å². The summed E-state index contributed by atoms with van der Waals surface area (Å²) in [7, 11) is 0. The van der Waals surface area contributed by atoms with Crippen LogP contribution < -0.4 is 11.1 Å². The zero-order valence-electron chi connectivity index (χ0n) is 14.5. The predicted molar refractivity (Wildman–Crippen MR) is 97.8 cm³/mol.